The number of likely N-dealkylation sites (N-methyl/N-ethyl adjacent to an activating group) is 1. The highest BCUT2D eigenvalue weighted by Crippen LogP contribution is 2.39. The van der Waals surface area contributed by atoms with Crippen molar-refractivity contribution in [2.45, 2.75) is 45.2 Å². The lowest BCUT2D eigenvalue weighted by molar-refractivity contribution is -0.123. The number of anilines is 1. The summed E-state index contributed by atoms with van der Waals surface area (Å²) < 4.78 is 0. The molecule has 1 aliphatic heterocycles. The fourth-order valence-corrected chi connectivity index (χ4v) is 5.09. The molecule has 158 valence electrons. The third-order valence-electron chi connectivity index (χ3n) is 6.21. The minimum atomic E-state index is 0.137. The number of piperidine rings is 1. The summed E-state index contributed by atoms with van der Waals surface area (Å²) in [4.78, 5) is 17.1. The van der Waals surface area contributed by atoms with E-state index in [1.54, 1.807) is 0 Å². The van der Waals surface area contributed by atoms with E-state index in [1.807, 2.05) is 38.1 Å². The lowest BCUT2D eigenvalue weighted by Gasteiger charge is -2.42. The van der Waals surface area contributed by atoms with E-state index in [4.69, 9.17) is 5.26 Å². The number of likely N-dealkylation sites (tertiary alicyclic amines) is 1. The minimum absolute atomic E-state index is 0.137. The zero-order valence-electron chi connectivity index (χ0n) is 18.0. The molecular formula is C23H35N5O. The summed E-state index contributed by atoms with van der Waals surface area (Å²) in [5, 5.41) is 15.3. The van der Waals surface area contributed by atoms with Crippen molar-refractivity contribution >= 4 is 11.6 Å². The van der Waals surface area contributed by atoms with Gasteiger partial charge in [-0.05, 0) is 82.8 Å². The molecular weight excluding hydrogens is 362 g/mol. The summed E-state index contributed by atoms with van der Waals surface area (Å²) in [6.45, 7) is 8.87. The lowest BCUT2D eigenvalue weighted by Crippen LogP contribution is -2.53. The zero-order valence-corrected chi connectivity index (χ0v) is 18.0. The molecule has 0 aromatic heterocycles. The zero-order chi connectivity index (χ0) is 20.8. The van der Waals surface area contributed by atoms with Crippen LogP contribution in [-0.2, 0) is 4.79 Å². The number of fused-ring (bicyclic) bond motifs is 2. The van der Waals surface area contributed by atoms with E-state index >= 15 is 0 Å². The highest BCUT2D eigenvalue weighted by molar-refractivity contribution is 5.78. The Balaban J connectivity index is 1.40. The van der Waals surface area contributed by atoms with Gasteiger partial charge in [0.1, 0.15) is 0 Å². The summed E-state index contributed by atoms with van der Waals surface area (Å²) >= 11 is 0. The van der Waals surface area contributed by atoms with Crippen LogP contribution in [0.15, 0.2) is 24.3 Å². The van der Waals surface area contributed by atoms with E-state index in [2.05, 4.69) is 33.6 Å². The van der Waals surface area contributed by atoms with Crippen LogP contribution in [0.4, 0.5) is 5.69 Å². The Labute approximate surface area is 175 Å². The summed E-state index contributed by atoms with van der Waals surface area (Å²) in [5.41, 5.74) is 1.77. The molecule has 1 aromatic rings. The molecule has 1 aromatic carbocycles. The van der Waals surface area contributed by atoms with Gasteiger partial charge in [-0.2, -0.15) is 5.26 Å². The first-order valence-electron chi connectivity index (χ1n) is 10.9. The van der Waals surface area contributed by atoms with Gasteiger partial charge in [-0.15, -0.1) is 0 Å². The van der Waals surface area contributed by atoms with Crippen LogP contribution in [-0.4, -0.2) is 67.6 Å². The molecule has 2 N–H and O–H groups in total. The third-order valence-corrected chi connectivity index (χ3v) is 6.21. The number of carbonyl (C=O) groups excluding carboxylic acids is 1. The molecule has 1 saturated heterocycles. The summed E-state index contributed by atoms with van der Waals surface area (Å²) in [7, 11) is 2.12. The van der Waals surface area contributed by atoms with Crippen LogP contribution in [0, 0.1) is 23.2 Å². The van der Waals surface area contributed by atoms with Crippen molar-refractivity contribution in [2.75, 3.05) is 45.1 Å². The van der Waals surface area contributed by atoms with Crippen LogP contribution in [0.1, 0.15) is 38.7 Å². The van der Waals surface area contributed by atoms with Crippen molar-refractivity contribution in [3.63, 3.8) is 0 Å². The normalized spacial score (nSPS) is 23.9. The van der Waals surface area contributed by atoms with E-state index in [0.29, 0.717) is 30.0 Å². The van der Waals surface area contributed by atoms with Crippen LogP contribution >= 0.6 is 0 Å². The van der Waals surface area contributed by atoms with Crippen molar-refractivity contribution in [3.8, 4) is 6.07 Å². The molecule has 1 amide bonds. The fourth-order valence-electron chi connectivity index (χ4n) is 5.09. The highest BCUT2D eigenvalue weighted by atomic mass is 16.2. The van der Waals surface area contributed by atoms with Gasteiger partial charge in [-0.1, -0.05) is 0 Å². The fraction of sp³-hybridized carbons (Fsp3) is 0.652. The molecule has 2 atom stereocenters. The number of carbonyl (C=O) groups is 1. The second-order valence-corrected chi connectivity index (χ2v) is 8.95. The quantitative estimate of drug-likeness (QED) is 0.627. The topological polar surface area (TPSA) is 71.4 Å². The standard InChI is InChI=1S/C23H35N5O/c1-17(2)26-22(29)16-27(3)23-19-7-8-20(23)15-28(14-19)12-4-11-25-21-9-5-18(13-24)6-10-21/h5-6,9-10,17,19-20,23,25H,4,7-8,11-12,14-16H2,1-3H3,(H,26,29). The number of rotatable bonds is 9. The van der Waals surface area contributed by atoms with Crippen molar-refractivity contribution in [2.24, 2.45) is 11.8 Å². The largest absolute Gasteiger partial charge is 0.385 e. The first kappa shape index (κ1) is 21.6. The molecule has 1 aliphatic carbocycles. The predicted molar refractivity (Wildman–Crippen MR) is 117 cm³/mol. The summed E-state index contributed by atoms with van der Waals surface area (Å²) in [5.74, 6) is 1.49. The Bertz CT molecular complexity index is 697. The molecule has 3 rings (SSSR count). The second kappa shape index (κ2) is 10.1. The summed E-state index contributed by atoms with van der Waals surface area (Å²) in [6, 6.07) is 10.5. The highest BCUT2D eigenvalue weighted by Gasteiger charge is 2.43. The van der Waals surface area contributed by atoms with E-state index < -0.39 is 0 Å². The first-order valence-corrected chi connectivity index (χ1v) is 10.9. The Kier molecular flexibility index (Phi) is 7.51. The maximum absolute atomic E-state index is 12.1. The van der Waals surface area contributed by atoms with E-state index in [-0.39, 0.29) is 11.9 Å². The summed E-state index contributed by atoms with van der Waals surface area (Å²) in [6.07, 6.45) is 3.67. The van der Waals surface area contributed by atoms with E-state index in [1.165, 1.54) is 12.8 Å². The smallest absolute Gasteiger partial charge is 0.234 e. The van der Waals surface area contributed by atoms with Crippen LogP contribution in [0.3, 0.4) is 0 Å². The second-order valence-electron chi connectivity index (χ2n) is 8.95. The van der Waals surface area contributed by atoms with Crippen molar-refractivity contribution in [3.05, 3.63) is 29.8 Å². The third kappa shape index (κ3) is 5.94. The van der Waals surface area contributed by atoms with Gasteiger partial charge in [0.25, 0.3) is 0 Å². The molecule has 6 heteroatoms. The minimum Gasteiger partial charge on any atom is -0.385 e. The number of nitrogens with zero attached hydrogens (tertiary/aromatic N) is 3. The van der Waals surface area contributed by atoms with Crippen LogP contribution in [0.2, 0.25) is 0 Å². The van der Waals surface area contributed by atoms with Gasteiger partial charge >= 0.3 is 0 Å². The monoisotopic (exact) mass is 397 g/mol. The number of amides is 1. The van der Waals surface area contributed by atoms with Crippen LogP contribution in [0.5, 0.6) is 0 Å². The number of nitriles is 1. The Morgan fingerprint density at radius 3 is 2.48 bits per heavy atom. The maximum Gasteiger partial charge on any atom is 0.234 e. The molecule has 2 fully saturated rings. The molecule has 2 unspecified atom stereocenters. The van der Waals surface area contributed by atoms with Crippen LogP contribution < -0.4 is 10.6 Å². The van der Waals surface area contributed by atoms with Gasteiger partial charge in [0, 0.05) is 37.4 Å². The molecule has 1 heterocycles. The van der Waals surface area contributed by atoms with Crippen molar-refractivity contribution in [1.29, 1.82) is 5.26 Å². The Morgan fingerprint density at radius 1 is 1.24 bits per heavy atom. The Hall–Kier alpha value is -2.10. The van der Waals surface area contributed by atoms with Gasteiger partial charge < -0.3 is 15.5 Å². The van der Waals surface area contributed by atoms with Gasteiger partial charge in [0.05, 0.1) is 18.2 Å². The van der Waals surface area contributed by atoms with Crippen LogP contribution in [0.25, 0.3) is 0 Å². The average Bonchev–Trinajstić information content (AvgIpc) is 2.95. The predicted octanol–water partition coefficient (Wildman–Crippen LogP) is 2.53. The SMILES string of the molecule is CC(C)NC(=O)CN(C)C1C2CCC1CN(CCCNc1ccc(C#N)cc1)C2. The lowest BCUT2D eigenvalue weighted by atomic mass is 9.90. The van der Waals surface area contributed by atoms with E-state index in [9.17, 15) is 4.79 Å². The maximum atomic E-state index is 12.1. The molecule has 2 bridgehead atoms. The van der Waals surface area contributed by atoms with Crippen molar-refractivity contribution < 1.29 is 4.79 Å². The van der Waals surface area contributed by atoms with Crippen molar-refractivity contribution in [1.82, 2.24) is 15.1 Å². The number of nitrogens with one attached hydrogen (secondary N) is 2. The molecule has 6 nitrogen and oxygen atoms in total. The van der Waals surface area contributed by atoms with Gasteiger partial charge in [0.15, 0.2) is 0 Å². The molecule has 0 spiro atoms. The molecule has 29 heavy (non-hydrogen) atoms. The number of hydrogen-bond acceptors (Lipinski definition) is 5. The molecule has 2 aliphatic rings. The first-order chi connectivity index (χ1) is 14.0. The Morgan fingerprint density at radius 2 is 1.90 bits per heavy atom. The average molecular weight is 398 g/mol. The number of benzene rings is 1. The molecule has 1 saturated carbocycles. The van der Waals surface area contributed by atoms with Gasteiger partial charge in [-0.3, -0.25) is 9.69 Å². The van der Waals surface area contributed by atoms with E-state index in [0.717, 1.165) is 38.3 Å². The van der Waals surface area contributed by atoms with Gasteiger partial charge in [-0.25, -0.2) is 0 Å². The number of hydrogen-bond donors (Lipinski definition) is 2. The van der Waals surface area contributed by atoms with Gasteiger partial charge in [0.2, 0.25) is 5.91 Å². The molecule has 0 radical (unpaired) electrons.